The van der Waals surface area contributed by atoms with Gasteiger partial charge in [-0.25, -0.2) is 4.39 Å². The highest BCUT2D eigenvalue weighted by Crippen LogP contribution is 2.20. The third kappa shape index (κ3) is 5.07. The van der Waals surface area contributed by atoms with Crippen molar-refractivity contribution in [3.05, 3.63) is 66.0 Å². The highest BCUT2D eigenvalue weighted by Gasteiger charge is 2.19. The molecule has 0 atom stereocenters. The Bertz CT molecular complexity index is 576. The van der Waals surface area contributed by atoms with E-state index in [1.165, 1.54) is 30.5 Å². The second-order valence-electron chi connectivity index (χ2n) is 6.29. The Morgan fingerprint density at radius 3 is 2.35 bits per heavy atom. The van der Waals surface area contributed by atoms with Crippen LogP contribution in [0.25, 0.3) is 0 Å². The molecule has 1 aliphatic heterocycles. The maximum Gasteiger partial charge on any atom is 0.123 e. The zero-order valence-electron chi connectivity index (χ0n) is 13.5. The molecule has 1 saturated heterocycles. The largest absolute Gasteiger partial charge is 0.493 e. The SMILES string of the molecule is Fc1ccc(OCC2CCN(CCc3ccccc3)CC2)cc1. The number of nitrogens with zero attached hydrogens (tertiary/aromatic N) is 1. The number of piperidine rings is 1. The molecule has 0 radical (unpaired) electrons. The second kappa shape index (κ2) is 8.11. The molecule has 1 fully saturated rings. The van der Waals surface area contributed by atoms with Gasteiger partial charge in [0, 0.05) is 6.54 Å². The molecule has 0 amide bonds. The van der Waals surface area contributed by atoms with Crippen molar-refractivity contribution in [2.45, 2.75) is 19.3 Å². The Morgan fingerprint density at radius 1 is 0.957 bits per heavy atom. The Morgan fingerprint density at radius 2 is 1.65 bits per heavy atom. The van der Waals surface area contributed by atoms with E-state index in [0.717, 1.165) is 38.4 Å². The fourth-order valence-corrected chi connectivity index (χ4v) is 3.05. The zero-order valence-corrected chi connectivity index (χ0v) is 13.5. The molecular weight excluding hydrogens is 289 g/mol. The van der Waals surface area contributed by atoms with Gasteiger partial charge in [0.2, 0.25) is 0 Å². The number of benzene rings is 2. The first-order chi connectivity index (χ1) is 11.3. The van der Waals surface area contributed by atoms with Gasteiger partial charge in [-0.2, -0.15) is 0 Å². The van der Waals surface area contributed by atoms with Gasteiger partial charge < -0.3 is 9.64 Å². The number of halogens is 1. The third-order valence-electron chi connectivity index (χ3n) is 4.57. The summed E-state index contributed by atoms with van der Waals surface area (Å²) >= 11 is 0. The highest BCUT2D eigenvalue weighted by atomic mass is 19.1. The van der Waals surface area contributed by atoms with Crippen LogP contribution in [0.5, 0.6) is 5.75 Å². The maximum absolute atomic E-state index is 12.9. The van der Waals surface area contributed by atoms with Crippen LogP contribution in [0.2, 0.25) is 0 Å². The molecule has 3 heteroatoms. The summed E-state index contributed by atoms with van der Waals surface area (Å²) < 4.78 is 18.6. The van der Waals surface area contributed by atoms with Crippen LogP contribution in [0.15, 0.2) is 54.6 Å². The first kappa shape index (κ1) is 16.0. The fraction of sp³-hybridized carbons (Fsp3) is 0.400. The summed E-state index contributed by atoms with van der Waals surface area (Å²) in [4.78, 5) is 2.54. The number of likely N-dealkylation sites (tertiary alicyclic amines) is 1. The van der Waals surface area contributed by atoms with Crippen LogP contribution in [0.3, 0.4) is 0 Å². The topological polar surface area (TPSA) is 12.5 Å². The molecule has 3 rings (SSSR count). The van der Waals surface area contributed by atoms with E-state index in [2.05, 4.69) is 35.2 Å². The molecule has 0 N–H and O–H groups in total. The molecule has 1 heterocycles. The first-order valence-corrected chi connectivity index (χ1v) is 8.44. The van der Waals surface area contributed by atoms with E-state index in [1.807, 2.05) is 0 Å². The van der Waals surface area contributed by atoms with E-state index in [0.29, 0.717) is 5.92 Å². The van der Waals surface area contributed by atoms with Crippen LogP contribution in [-0.4, -0.2) is 31.1 Å². The lowest BCUT2D eigenvalue weighted by Gasteiger charge is -2.31. The molecule has 0 aliphatic carbocycles. The van der Waals surface area contributed by atoms with E-state index in [-0.39, 0.29) is 5.82 Å². The fourth-order valence-electron chi connectivity index (χ4n) is 3.05. The minimum atomic E-state index is -0.218. The molecule has 0 saturated carbocycles. The minimum Gasteiger partial charge on any atom is -0.493 e. The molecule has 23 heavy (non-hydrogen) atoms. The van der Waals surface area contributed by atoms with Crippen molar-refractivity contribution >= 4 is 0 Å². The number of rotatable bonds is 6. The van der Waals surface area contributed by atoms with Gasteiger partial charge in [0.15, 0.2) is 0 Å². The summed E-state index contributed by atoms with van der Waals surface area (Å²) in [6.07, 6.45) is 3.48. The predicted octanol–water partition coefficient (Wildman–Crippen LogP) is 4.16. The third-order valence-corrected chi connectivity index (χ3v) is 4.57. The van der Waals surface area contributed by atoms with Crippen molar-refractivity contribution in [2.75, 3.05) is 26.2 Å². The van der Waals surface area contributed by atoms with Gasteiger partial charge in [-0.15, -0.1) is 0 Å². The van der Waals surface area contributed by atoms with Crippen LogP contribution < -0.4 is 4.74 Å². The lowest BCUT2D eigenvalue weighted by molar-refractivity contribution is 0.142. The maximum atomic E-state index is 12.9. The first-order valence-electron chi connectivity index (χ1n) is 8.44. The normalized spacial score (nSPS) is 16.4. The van der Waals surface area contributed by atoms with Crippen LogP contribution >= 0.6 is 0 Å². The van der Waals surface area contributed by atoms with Gasteiger partial charge in [-0.05, 0) is 68.1 Å². The lowest BCUT2D eigenvalue weighted by atomic mass is 9.97. The van der Waals surface area contributed by atoms with Gasteiger partial charge in [-0.3, -0.25) is 0 Å². The predicted molar refractivity (Wildman–Crippen MR) is 91.2 cm³/mol. The van der Waals surface area contributed by atoms with E-state index < -0.39 is 0 Å². The summed E-state index contributed by atoms with van der Waals surface area (Å²) in [5.41, 5.74) is 1.41. The van der Waals surface area contributed by atoms with Gasteiger partial charge in [0.1, 0.15) is 11.6 Å². The van der Waals surface area contributed by atoms with Crippen LogP contribution in [0.1, 0.15) is 18.4 Å². The lowest BCUT2D eigenvalue weighted by Crippen LogP contribution is -2.36. The van der Waals surface area contributed by atoms with Crippen molar-refractivity contribution < 1.29 is 9.13 Å². The molecule has 2 nitrogen and oxygen atoms in total. The Kier molecular flexibility index (Phi) is 5.65. The summed E-state index contributed by atoms with van der Waals surface area (Å²) in [5.74, 6) is 1.15. The standard InChI is InChI=1S/C20H24FNO/c21-19-6-8-20(9-7-19)23-16-18-11-14-22(15-12-18)13-10-17-4-2-1-3-5-17/h1-9,18H,10-16H2. The van der Waals surface area contributed by atoms with E-state index >= 15 is 0 Å². The Labute approximate surface area is 137 Å². The Hall–Kier alpha value is -1.87. The van der Waals surface area contributed by atoms with Crippen molar-refractivity contribution in [3.8, 4) is 5.75 Å². The van der Waals surface area contributed by atoms with Gasteiger partial charge in [0.05, 0.1) is 6.61 Å². The zero-order chi connectivity index (χ0) is 15.9. The summed E-state index contributed by atoms with van der Waals surface area (Å²) in [7, 11) is 0. The van der Waals surface area contributed by atoms with Gasteiger partial charge in [-0.1, -0.05) is 30.3 Å². The quantitative estimate of drug-likeness (QED) is 0.794. The van der Waals surface area contributed by atoms with E-state index in [9.17, 15) is 4.39 Å². The highest BCUT2D eigenvalue weighted by molar-refractivity contribution is 5.22. The van der Waals surface area contributed by atoms with Gasteiger partial charge in [0.25, 0.3) is 0 Å². The molecule has 0 aromatic heterocycles. The van der Waals surface area contributed by atoms with Crippen molar-refractivity contribution in [1.82, 2.24) is 4.90 Å². The molecule has 1 aliphatic rings. The second-order valence-corrected chi connectivity index (χ2v) is 6.29. The number of ether oxygens (including phenoxy) is 1. The molecule has 0 unspecified atom stereocenters. The Balaban J connectivity index is 1.36. The van der Waals surface area contributed by atoms with Gasteiger partial charge >= 0.3 is 0 Å². The number of hydrogen-bond donors (Lipinski definition) is 0. The van der Waals surface area contributed by atoms with Crippen LogP contribution in [0.4, 0.5) is 4.39 Å². The molecule has 0 spiro atoms. The molecule has 0 bridgehead atoms. The minimum absolute atomic E-state index is 0.218. The van der Waals surface area contributed by atoms with Crippen molar-refractivity contribution in [2.24, 2.45) is 5.92 Å². The van der Waals surface area contributed by atoms with E-state index in [4.69, 9.17) is 4.74 Å². The number of hydrogen-bond acceptors (Lipinski definition) is 2. The molecule has 2 aromatic carbocycles. The average Bonchev–Trinajstić information content (AvgIpc) is 2.61. The van der Waals surface area contributed by atoms with Crippen molar-refractivity contribution in [3.63, 3.8) is 0 Å². The summed E-state index contributed by atoms with van der Waals surface area (Å²) in [6, 6.07) is 17.0. The summed E-state index contributed by atoms with van der Waals surface area (Å²) in [6.45, 7) is 4.16. The van der Waals surface area contributed by atoms with E-state index in [1.54, 1.807) is 12.1 Å². The summed E-state index contributed by atoms with van der Waals surface area (Å²) in [5, 5.41) is 0. The van der Waals surface area contributed by atoms with Crippen LogP contribution in [0, 0.1) is 11.7 Å². The monoisotopic (exact) mass is 313 g/mol. The molecule has 122 valence electrons. The van der Waals surface area contributed by atoms with Crippen LogP contribution in [-0.2, 0) is 6.42 Å². The molecular formula is C20H24FNO. The van der Waals surface area contributed by atoms with Crippen molar-refractivity contribution in [1.29, 1.82) is 0 Å². The average molecular weight is 313 g/mol. The molecule has 2 aromatic rings. The smallest absolute Gasteiger partial charge is 0.123 e.